The lowest BCUT2D eigenvalue weighted by Crippen LogP contribution is -2.39. The first-order chi connectivity index (χ1) is 7.66. The molecule has 1 heterocycles. The van der Waals surface area contributed by atoms with Crippen molar-refractivity contribution in [1.82, 2.24) is 4.90 Å². The molecule has 0 atom stereocenters. The summed E-state index contributed by atoms with van der Waals surface area (Å²) < 4.78 is 0. The SMILES string of the molecule is CN1CCC(C#N)(c2ccc(N)cc2)CC1. The first-order valence-electron chi connectivity index (χ1n) is 5.62. The third-order valence-corrected chi connectivity index (χ3v) is 3.52. The maximum absolute atomic E-state index is 9.45. The van der Waals surface area contributed by atoms with Crippen LogP contribution in [0, 0.1) is 11.3 Å². The van der Waals surface area contributed by atoms with Gasteiger partial charge in [0, 0.05) is 5.69 Å². The van der Waals surface area contributed by atoms with Gasteiger partial charge in [0.1, 0.15) is 0 Å². The van der Waals surface area contributed by atoms with Crippen LogP contribution in [0.4, 0.5) is 5.69 Å². The van der Waals surface area contributed by atoms with E-state index in [1.165, 1.54) is 0 Å². The van der Waals surface area contributed by atoms with Crippen LogP contribution in [-0.2, 0) is 5.41 Å². The minimum absolute atomic E-state index is 0.305. The van der Waals surface area contributed by atoms with Crippen LogP contribution in [0.2, 0.25) is 0 Å². The van der Waals surface area contributed by atoms with Gasteiger partial charge in [0.15, 0.2) is 0 Å². The van der Waals surface area contributed by atoms with Gasteiger partial charge in [-0.25, -0.2) is 0 Å². The quantitative estimate of drug-likeness (QED) is 0.726. The van der Waals surface area contributed by atoms with Crippen molar-refractivity contribution in [3.05, 3.63) is 29.8 Å². The number of nitrogen functional groups attached to an aromatic ring is 1. The molecule has 0 aromatic heterocycles. The number of nitriles is 1. The Labute approximate surface area is 96.5 Å². The van der Waals surface area contributed by atoms with E-state index in [9.17, 15) is 5.26 Å². The van der Waals surface area contributed by atoms with E-state index in [0.29, 0.717) is 0 Å². The number of benzene rings is 1. The van der Waals surface area contributed by atoms with Gasteiger partial charge in [-0.05, 0) is 50.7 Å². The summed E-state index contributed by atoms with van der Waals surface area (Å²) in [5.74, 6) is 0. The lowest BCUT2D eigenvalue weighted by atomic mass is 9.74. The number of nitrogens with zero attached hydrogens (tertiary/aromatic N) is 2. The highest BCUT2D eigenvalue weighted by Crippen LogP contribution is 2.34. The molecule has 0 unspecified atom stereocenters. The van der Waals surface area contributed by atoms with Crippen molar-refractivity contribution in [3.8, 4) is 6.07 Å². The zero-order valence-electron chi connectivity index (χ0n) is 9.61. The molecule has 84 valence electrons. The lowest BCUT2D eigenvalue weighted by molar-refractivity contribution is 0.222. The van der Waals surface area contributed by atoms with E-state index in [4.69, 9.17) is 5.73 Å². The van der Waals surface area contributed by atoms with Gasteiger partial charge >= 0.3 is 0 Å². The number of nitrogens with two attached hydrogens (primary N) is 1. The number of anilines is 1. The monoisotopic (exact) mass is 215 g/mol. The number of likely N-dealkylation sites (tertiary alicyclic amines) is 1. The molecule has 3 nitrogen and oxygen atoms in total. The molecule has 0 radical (unpaired) electrons. The van der Waals surface area contributed by atoms with Crippen LogP contribution in [0.25, 0.3) is 0 Å². The van der Waals surface area contributed by atoms with Gasteiger partial charge in [-0.15, -0.1) is 0 Å². The van der Waals surface area contributed by atoms with E-state index in [2.05, 4.69) is 18.0 Å². The number of rotatable bonds is 1. The van der Waals surface area contributed by atoms with Crippen LogP contribution < -0.4 is 5.73 Å². The molecular weight excluding hydrogens is 198 g/mol. The molecule has 2 rings (SSSR count). The summed E-state index contributed by atoms with van der Waals surface area (Å²) >= 11 is 0. The second kappa shape index (κ2) is 4.15. The molecule has 2 N–H and O–H groups in total. The average molecular weight is 215 g/mol. The molecule has 1 saturated heterocycles. The van der Waals surface area contributed by atoms with Crippen molar-refractivity contribution in [2.24, 2.45) is 0 Å². The molecule has 1 aliphatic rings. The van der Waals surface area contributed by atoms with E-state index in [0.717, 1.165) is 37.2 Å². The summed E-state index contributed by atoms with van der Waals surface area (Å²) in [5, 5.41) is 9.45. The van der Waals surface area contributed by atoms with E-state index >= 15 is 0 Å². The van der Waals surface area contributed by atoms with Gasteiger partial charge in [0.05, 0.1) is 11.5 Å². The Morgan fingerprint density at radius 2 is 1.81 bits per heavy atom. The van der Waals surface area contributed by atoms with Gasteiger partial charge < -0.3 is 10.6 Å². The van der Waals surface area contributed by atoms with Crippen molar-refractivity contribution >= 4 is 5.69 Å². The largest absolute Gasteiger partial charge is 0.399 e. The van der Waals surface area contributed by atoms with Crippen molar-refractivity contribution in [2.75, 3.05) is 25.9 Å². The van der Waals surface area contributed by atoms with E-state index in [1.807, 2.05) is 24.3 Å². The van der Waals surface area contributed by atoms with E-state index in [-0.39, 0.29) is 5.41 Å². The number of hydrogen-bond donors (Lipinski definition) is 1. The van der Waals surface area contributed by atoms with E-state index < -0.39 is 0 Å². The molecular formula is C13H17N3. The summed E-state index contributed by atoms with van der Waals surface area (Å²) in [5.41, 5.74) is 7.23. The second-order valence-electron chi connectivity index (χ2n) is 4.62. The Morgan fingerprint density at radius 1 is 1.25 bits per heavy atom. The maximum atomic E-state index is 9.45. The Hall–Kier alpha value is -1.53. The molecule has 1 aliphatic heterocycles. The third-order valence-electron chi connectivity index (χ3n) is 3.52. The summed E-state index contributed by atoms with van der Waals surface area (Å²) in [4.78, 5) is 2.27. The van der Waals surface area contributed by atoms with Crippen LogP contribution in [0.3, 0.4) is 0 Å². The zero-order chi connectivity index (χ0) is 11.6. The predicted molar refractivity (Wildman–Crippen MR) is 64.9 cm³/mol. The third kappa shape index (κ3) is 1.89. The van der Waals surface area contributed by atoms with Crippen molar-refractivity contribution in [1.29, 1.82) is 5.26 Å². The molecule has 0 saturated carbocycles. The Bertz CT molecular complexity index is 394. The fourth-order valence-electron chi connectivity index (χ4n) is 2.27. The molecule has 0 bridgehead atoms. The van der Waals surface area contributed by atoms with Gasteiger partial charge in [-0.3, -0.25) is 0 Å². The molecule has 16 heavy (non-hydrogen) atoms. The van der Waals surface area contributed by atoms with Crippen molar-refractivity contribution in [2.45, 2.75) is 18.3 Å². The van der Waals surface area contributed by atoms with Crippen molar-refractivity contribution in [3.63, 3.8) is 0 Å². The standard InChI is InChI=1S/C13H17N3/c1-16-8-6-13(10-14,7-9-16)11-2-4-12(15)5-3-11/h2-5H,6-9,15H2,1H3. The molecule has 0 spiro atoms. The number of hydrogen-bond acceptors (Lipinski definition) is 3. The molecule has 0 amide bonds. The summed E-state index contributed by atoms with van der Waals surface area (Å²) in [6.45, 7) is 1.97. The van der Waals surface area contributed by atoms with Crippen LogP contribution in [0.15, 0.2) is 24.3 Å². The highest BCUT2D eigenvalue weighted by atomic mass is 15.1. The van der Waals surface area contributed by atoms with E-state index in [1.54, 1.807) is 0 Å². The van der Waals surface area contributed by atoms with Crippen LogP contribution >= 0.6 is 0 Å². The van der Waals surface area contributed by atoms with Crippen LogP contribution in [-0.4, -0.2) is 25.0 Å². The lowest BCUT2D eigenvalue weighted by Gasteiger charge is -2.35. The average Bonchev–Trinajstić information content (AvgIpc) is 2.32. The van der Waals surface area contributed by atoms with Crippen LogP contribution in [0.1, 0.15) is 18.4 Å². The van der Waals surface area contributed by atoms with Gasteiger partial charge in [-0.2, -0.15) is 5.26 Å². The Kier molecular flexibility index (Phi) is 2.84. The predicted octanol–water partition coefficient (Wildman–Crippen LogP) is 1.76. The summed E-state index contributed by atoms with van der Waals surface area (Å²) in [7, 11) is 2.10. The van der Waals surface area contributed by atoms with Gasteiger partial charge in [0.2, 0.25) is 0 Å². The zero-order valence-corrected chi connectivity index (χ0v) is 9.61. The summed E-state index contributed by atoms with van der Waals surface area (Å²) in [6, 6.07) is 10.2. The minimum atomic E-state index is -0.305. The van der Waals surface area contributed by atoms with Crippen LogP contribution in [0.5, 0.6) is 0 Å². The summed E-state index contributed by atoms with van der Waals surface area (Å²) in [6.07, 6.45) is 1.81. The second-order valence-corrected chi connectivity index (χ2v) is 4.62. The molecule has 0 aliphatic carbocycles. The maximum Gasteiger partial charge on any atom is 0.0846 e. The normalized spacial score (nSPS) is 20.2. The molecule has 1 aromatic carbocycles. The topological polar surface area (TPSA) is 53.0 Å². The Balaban J connectivity index is 2.29. The minimum Gasteiger partial charge on any atom is -0.399 e. The van der Waals surface area contributed by atoms with Crippen molar-refractivity contribution < 1.29 is 0 Å². The smallest absolute Gasteiger partial charge is 0.0846 e. The first-order valence-corrected chi connectivity index (χ1v) is 5.62. The Morgan fingerprint density at radius 3 is 2.31 bits per heavy atom. The molecule has 3 heteroatoms. The highest BCUT2D eigenvalue weighted by molar-refractivity contribution is 5.43. The fraction of sp³-hybridized carbons (Fsp3) is 0.462. The molecule has 1 fully saturated rings. The van der Waals surface area contributed by atoms with Gasteiger partial charge in [0.25, 0.3) is 0 Å². The fourth-order valence-corrected chi connectivity index (χ4v) is 2.27. The highest BCUT2D eigenvalue weighted by Gasteiger charge is 2.35. The van der Waals surface area contributed by atoms with Gasteiger partial charge in [-0.1, -0.05) is 12.1 Å². The first kappa shape index (κ1) is 11.0. The number of piperidine rings is 1. The molecule has 1 aromatic rings.